The van der Waals surface area contributed by atoms with Crippen molar-refractivity contribution in [1.29, 1.82) is 0 Å². The lowest BCUT2D eigenvalue weighted by Crippen LogP contribution is -2.38. The fourth-order valence-electron chi connectivity index (χ4n) is 2.19. The van der Waals surface area contributed by atoms with Gasteiger partial charge in [-0.2, -0.15) is 0 Å². The molecule has 0 radical (unpaired) electrons. The molecule has 0 bridgehead atoms. The van der Waals surface area contributed by atoms with Crippen molar-refractivity contribution >= 4 is 34.8 Å². The van der Waals surface area contributed by atoms with Gasteiger partial charge in [-0.15, -0.1) is 23.2 Å². The second kappa shape index (κ2) is 4.11. The van der Waals surface area contributed by atoms with Crippen LogP contribution in [-0.4, -0.2) is 28.9 Å². The van der Waals surface area contributed by atoms with Gasteiger partial charge in [0.15, 0.2) is 11.5 Å². The zero-order valence-electron chi connectivity index (χ0n) is 9.15. The average molecular weight is 283 g/mol. The van der Waals surface area contributed by atoms with Gasteiger partial charge in [0.1, 0.15) is 6.61 Å². The average Bonchev–Trinajstić information content (AvgIpc) is 2.39. The maximum absolute atomic E-state index is 12.3. The highest BCUT2D eigenvalue weighted by atomic mass is 35.5. The fraction of sp³-hybridized carbons (Fsp3) is 0.231. The number of fused-ring (bicyclic) bond motifs is 1. The summed E-state index contributed by atoms with van der Waals surface area (Å²) in [6.45, 7) is 0.135. The van der Waals surface area contributed by atoms with Crippen molar-refractivity contribution in [2.45, 2.75) is 10.8 Å². The number of ketones is 2. The van der Waals surface area contributed by atoms with E-state index in [1.165, 1.54) is 0 Å². The molecule has 1 aliphatic carbocycles. The molecule has 0 N–H and O–H groups in total. The highest BCUT2D eigenvalue weighted by Crippen LogP contribution is 2.36. The van der Waals surface area contributed by atoms with E-state index in [0.717, 1.165) is 0 Å². The molecule has 1 heterocycles. The summed E-state index contributed by atoms with van der Waals surface area (Å²) >= 11 is 12.1. The van der Waals surface area contributed by atoms with Gasteiger partial charge in [0, 0.05) is 11.1 Å². The first-order valence-corrected chi connectivity index (χ1v) is 6.32. The number of carbonyl (C=O) groups excluding carboxylic acids is 2. The van der Waals surface area contributed by atoms with E-state index in [-0.39, 0.29) is 29.5 Å². The largest absolute Gasteiger partial charge is 0.487 e. The standard InChI is InChI=1S/C13H8Cl2O3/c14-8-5-18-13-9(10(8)15)11(16)6-3-1-2-4-7(6)12(13)17/h1-4,8,10H,5H2. The van der Waals surface area contributed by atoms with Gasteiger partial charge in [-0.25, -0.2) is 0 Å². The van der Waals surface area contributed by atoms with E-state index in [1.54, 1.807) is 24.3 Å². The van der Waals surface area contributed by atoms with E-state index in [1.807, 2.05) is 0 Å². The molecule has 1 aromatic carbocycles. The number of Topliss-reactive ketones (excluding diaryl/α,β-unsaturated/α-hetero) is 2. The normalized spacial score (nSPS) is 26.6. The molecule has 3 rings (SSSR count). The van der Waals surface area contributed by atoms with Gasteiger partial charge in [-0.1, -0.05) is 24.3 Å². The molecule has 3 nitrogen and oxygen atoms in total. The van der Waals surface area contributed by atoms with Crippen LogP contribution in [0.3, 0.4) is 0 Å². The van der Waals surface area contributed by atoms with Crippen molar-refractivity contribution in [1.82, 2.24) is 0 Å². The molecule has 0 amide bonds. The Kier molecular flexibility index (Phi) is 2.68. The molecule has 5 heteroatoms. The number of allylic oxidation sites excluding steroid dienone is 2. The van der Waals surface area contributed by atoms with Gasteiger partial charge in [-0.3, -0.25) is 9.59 Å². The van der Waals surface area contributed by atoms with E-state index in [9.17, 15) is 9.59 Å². The van der Waals surface area contributed by atoms with Crippen LogP contribution >= 0.6 is 23.2 Å². The van der Waals surface area contributed by atoms with Crippen LogP contribution in [-0.2, 0) is 4.74 Å². The van der Waals surface area contributed by atoms with Crippen LogP contribution in [0.2, 0.25) is 0 Å². The maximum Gasteiger partial charge on any atom is 0.228 e. The van der Waals surface area contributed by atoms with Crippen LogP contribution in [0.15, 0.2) is 35.6 Å². The third kappa shape index (κ3) is 1.51. The second-order valence-corrected chi connectivity index (χ2v) is 5.21. The van der Waals surface area contributed by atoms with Gasteiger partial charge in [0.2, 0.25) is 5.78 Å². The molecule has 0 fully saturated rings. The van der Waals surface area contributed by atoms with Crippen LogP contribution in [0, 0.1) is 0 Å². The SMILES string of the molecule is O=C1C2=C(C(=O)c3ccccc31)C(Cl)C(Cl)CO2. The minimum Gasteiger partial charge on any atom is -0.487 e. The van der Waals surface area contributed by atoms with Gasteiger partial charge >= 0.3 is 0 Å². The molecule has 92 valence electrons. The Hall–Kier alpha value is -1.32. The number of benzene rings is 1. The lowest BCUT2D eigenvalue weighted by molar-refractivity contribution is 0.0842. The summed E-state index contributed by atoms with van der Waals surface area (Å²) in [5.41, 5.74) is 0.908. The molecule has 18 heavy (non-hydrogen) atoms. The second-order valence-electron chi connectivity index (χ2n) is 4.18. The van der Waals surface area contributed by atoms with Crippen LogP contribution in [0.25, 0.3) is 0 Å². The van der Waals surface area contributed by atoms with Gasteiger partial charge in [0.05, 0.1) is 16.3 Å². The zero-order valence-corrected chi connectivity index (χ0v) is 10.7. The number of carbonyl (C=O) groups is 2. The number of hydrogen-bond donors (Lipinski definition) is 0. The van der Waals surface area contributed by atoms with Crippen molar-refractivity contribution in [3.8, 4) is 0 Å². The Morgan fingerprint density at radius 3 is 2.33 bits per heavy atom. The van der Waals surface area contributed by atoms with E-state index >= 15 is 0 Å². The first-order valence-electron chi connectivity index (χ1n) is 5.45. The number of rotatable bonds is 0. The smallest absolute Gasteiger partial charge is 0.228 e. The highest BCUT2D eigenvalue weighted by molar-refractivity contribution is 6.37. The number of hydrogen-bond acceptors (Lipinski definition) is 3. The first kappa shape index (κ1) is 11.8. The summed E-state index contributed by atoms with van der Waals surface area (Å²) in [7, 11) is 0. The van der Waals surface area contributed by atoms with E-state index in [4.69, 9.17) is 27.9 Å². The topological polar surface area (TPSA) is 43.4 Å². The predicted octanol–water partition coefficient (Wildman–Crippen LogP) is 2.56. The first-order chi connectivity index (χ1) is 8.61. The van der Waals surface area contributed by atoms with Crippen molar-refractivity contribution < 1.29 is 14.3 Å². The highest BCUT2D eigenvalue weighted by Gasteiger charge is 2.42. The van der Waals surface area contributed by atoms with E-state index in [0.29, 0.717) is 11.1 Å². The quantitative estimate of drug-likeness (QED) is 0.687. The zero-order chi connectivity index (χ0) is 12.9. The van der Waals surface area contributed by atoms with Crippen LogP contribution < -0.4 is 0 Å². The third-order valence-electron chi connectivity index (χ3n) is 3.09. The Morgan fingerprint density at radius 2 is 1.67 bits per heavy atom. The van der Waals surface area contributed by atoms with Crippen molar-refractivity contribution in [3.05, 3.63) is 46.7 Å². The molecule has 2 aliphatic rings. The molecule has 2 unspecified atom stereocenters. The summed E-state index contributed by atoms with van der Waals surface area (Å²) < 4.78 is 5.30. The monoisotopic (exact) mass is 282 g/mol. The Balaban J connectivity index is 2.21. The van der Waals surface area contributed by atoms with Gasteiger partial charge in [0.25, 0.3) is 0 Å². The summed E-state index contributed by atoms with van der Waals surface area (Å²) in [5, 5.41) is -1.20. The fourth-order valence-corrected chi connectivity index (χ4v) is 2.65. The van der Waals surface area contributed by atoms with Gasteiger partial charge < -0.3 is 4.74 Å². The number of halogens is 2. The third-order valence-corrected chi connectivity index (χ3v) is 4.12. The predicted molar refractivity (Wildman–Crippen MR) is 67.4 cm³/mol. The Labute approximate surface area is 113 Å². The Bertz CT molecular complexity index is 592. The minimum atomic E-state index is -0.694. The van der Waals surface area contributed by atoms with E-state index < -0.39 is 10.8 Å². The Morgan fingerprint density at radius 1 is 1.06 bits per heavy atom. The van der Waals surface area contributed by atoms with Crippen molar-refractivity contribution in [2.24, 2.45) is 0 Å². The van der Waals surface area contributed by atoms with E-state index in [2.05, 4.69) is 0 Å². The molecular weight excluding hydrogens is 275 g/mol. The number of alkyl halides is 2. The molecule has 0 saturated heterocycles. The molecule has 1 aromatic rings. The van der Waals surface area contributed by atoms with Crippen LogP contribution in [0.1, 0.15) is 20.7 Å². The molecule has 0 spiro atoms. The molecule has 0 saturated carbocycles. The summed E-state index contributed by atoms with van der Waals surface area (Å²) in [4.78, 5) is 24.5. The van der Waals surface area contributed by atoms with Crippen molar-refractivity contribution in [2.75, 3.05) is 6.61 Å². The summed E-state index contributed by atoms with van der Waals surface area (Å²) in [6, 6.07) is 6.64. The molecule has 2 atom stereocenters. The van der Waals surface area contributed by atoms with Gasteiger partial charge in [-0.05, 0) is 0 Å². The van der Waals surface area contributed by atoms with Crippen LogP contribution in [0.4, 0.5) is 0 Å². The minimum absolute atomic E-state index is 0.0515. The molecule has 0 aromatic heterocycles. The van der Waals surface area contributed by atoms with Crippen LogP contribution in [0.5, 0.6) is 0 Å². The lowest BCUT2D eigenvalue weighted by atomic mass is 9.85. The van der Waals surface area contributed by atoms with Crippen molar-refractivity contribution in [3.63, 3.8) is 0 Å². The lowest BCUT2D eigenvalue weighted by Gasteiger charge is -2.30. The molecule has 1 aliphatic heterocycles. The number of ether oxygens (including phenoxy) is 1. The maximum atomic E-state index is 12.3. The molecular formula is C13H8Cl2O3. The summed E-state index contributed by atoms with van der Waals surface area (Å²) in [6.07, 6.45) is 0. The summed E-state index contributed by atoms with van der Waals surface area (Å²) in [5.74, 6) is -0.518.